The molecule has 1 fully saturated rings. The molecule has 0 saturated carbocycles. The number of hydrogen-bond acceptors (Lipinski definition) is 3. The zero-order valence-electron chi connectivity index (χ0n) is 17.5. The van der Waals surface area contributed by atoms with Crippen molar-refractivity contribution in [3.63, 3.8) is 0 Å². The molecule has 2 amide bonds. The van der Waals surface area contributed by atoms with E-state index in [4.69, 9.17) is 4.74 Å². The van der Waals surface area contributed by atoms with E-state index >= 15 is 0 Å². The lowest BCUT2D eigenvalue weighted by Gasteiger charge is -2.41. The fourth-order valence-corrected chi connectivity index (χ4v) is 4.05. The van der Waals surface area contributed by atoms with Crippen molar-refractivity contribution in [2.75, 3.05) is 19.0 Å². The number of benzene rings is 2. The molecule has 5 heteroatoms. The minimum absolute atomic E-state index is 0.0517. The van der Waals surface area contributed by atoms with E-state index < -0.39 is 0 Å². The van der Waals surface area contributed by atoms with Gasteiger partial charge in [-0.2, -0.15) is 0 Å². The number of para-hydroxylation sites is 2. The third kappa shape index (κ3) is 4.61. The van der Waals surface area contributed by atoms with Crippen LogP contribution in [0.15, 0.2) is 48.5 Å². The summed E-state index contributed by atoms with van der Waals surface area (Å²) < 4.78 is 5.58. The molecule has 1 saturated heterocycles. The number of ether oxygens (including phenoxy) is 1. The summed E-state index contributed by atoms with van der Waals surface area (Å²) in [7, 11) is 1.63. The number of piperidine rings is 1. The molecule has 2 aromatic carbocycles. The third-order valence-corrected chi connectivity index (χ3v) is 5.66. The van der Waals surface area contributed by atoms with Crippen molar-refractivity contribution in [2.24, 2.45) is 5.92 Å². The molecule has 5 nitrogen and oxygen atoms in total. The molecule has 1 heterocycles. The highest BCUT2D eigenvalue weighted by atomic mass is 16.5. The van der Waals surface area contributed by atoms with Gasteiger partial charge in [0, 0.05) is 24.2 Å². The monoisotopic (exact) mass is 394 g/mol. The molecule has 1 aliphatic rings. The van der Waals surface area contributed by atoms with Crippen molar-refractivity contribution in [1.82, 2.24) is 4.90 Å². The minimum Gasteiger partial charge on any atom is -0.496 e. The van der Waals surface area contributed by atoms with E-state index in [2.05, 4.69) is 12.2 Å². The van der Waals surface area contributed by atoms with E-state index in [1.807, 2.05) is 60.4 Å². The Bertz CT molecular complexity index is 865. The lowest BCUT2D eigenvalue weighted by atomic mass is 9.83. The molecule has 3 rings (SSSR count). The Morgan fingerprint density at radius 2 is 1.90 bits per heavy atom. The lowest BCUT2D eigenvalue weighted by Crippen LogP contribution is -2.47. The van der Waals surface area contributed by atoms with Gasteiger partial charge in [0.05, 0.1) is 19.1 Å². The Morgan fingerprint density at radius 3 is 2.62 bits per heavy atom. The third-order valence-electron chi connectivity index (χ3n) is 5.66. The first-order valence-corrected chi connectivity index (χ1v) is 10.4. The van der Waals surface area contributed by atoms with Gasteiger partial charge in [0.2, 0.25) is 11.8 Å². The van der Waals surface area contributed by atoms with Crippen LogP contribution in [0, 0.1) is 12.8 Å². The van der Waals surface area contributed by atoms with Gasteiger partial charge in [-0.05, 0) is 37.5 Å². The topological polar surface area (TPSA) is 58.6 Å². The molecule has 2 aromatic rings. The maximum absolute atomic E-state index is 13.3. The number of hydrogen-bond donors (Lipinski definition) is 1. The zero-order valence-corrected chi connectivity index (χ0v) is 17.5. The molecule has 0 aliphatic carbocycles. The second kappa shape index (κ2) is 9.59. The maximum Gasteiger partial charge on any atom is 0.229 e. The zero-order chi connectivity index (χ0) is 20.8. The number of methoxy groups -OCH3 is 1. The van der Waals surface area contributed by atoms with Gasteiger partial charge in [0.1, 0.15) is 5.75 Å². The number of carbonyl (C=O) groups is 2. The largest absolute Gasteiger partial charge is 0.496 e. The SMILES string of the molecule is CCCCN1C(=O)CC[C@@H](C(=O)Nc2ccccc2C)[C@@H]1c1ccccc1OC. The Morgan fingerprint density at radius 1 is 1.17 bits per heavy atom. The van der Waals surface area contributed by atoms with E-state index in [-0.39, 0.29) is 23.8 Å². The van der Waals surface area contributed by atoms with Crippen molar-refractivity contribution >= 4 is 17.5 Å². The molecule has 1 N–H and O–H groups in total. The second-order valence-electron chi connectivity index (χ2n) is 7.58. The van der Waals surface area contributed by atoms with Gasteiger partial charge in [0.15, 0.2) is 0 Å². The fourth-order valence-electron chi connectivity index (χ4n) is 4.05. The van der Waals surface area contributed by atoms with Gasteiger partial charge < -0.3 is 15.0 Å². The van der Waals surface area contributed by atoms with Crippen LogP contribution < -0.4 is 10.1 Å². The Balaban J connectivity index is 1.97. The number of nitrogens with zero attached hydrogens (tertiary/aromatic N) is 1. The van der Waals surface area contributed by atoms with E-state index in [0.717, 1.165) is 29.7 Å². The minimum atomic E-state index is -0.333. The number of rotatable bonds is 7. The van der Waals surface area contributed by atoms with Gasteiger partial charge in [-0.15, -0.1) is 0 Å². The van der Waals surface area contributed by atoms with Crippen LogP contribution in [-0.4, -0.2) is 30.4 Å². The molecule has 0 spiro atoms. The molecule has 29 heavy (non-hydrogen) atoms. The number of likely N-dealkylation sites (tertiary alicyclic amines) is 1. The Kier molecular flexibility index (Phi) is 6.91. The summed E-state index contributed by atoms with van der Waals surface area (Å²) in [5.74, 6) is 0.432. The van der Waals surface area contributed by atoms with Crippen molar-refractivity contribution in [2.45, 2.75) is 45.6 Å². The van der Waals surface area contributed by atoms with Gasteiger partial charge >= 0.3 is 0 Å². The van der Waals surface area contributed by atoms with Crippen molar-refractivity contribution in [1.29, 1.82) is 0 Å². The predicted octanol–water partition coefficient (Wildman–Crippen LogP) is 4.72. The van der Waals surface area contributed by atoms with Crippen molar-refractivity contribution < 1.29 is 14.3 Å². The molecular weight excluding hydrogens is 364 g/mol. The lowest BCUT2D eigenvalue weighted by molar-refractivity contribution is -0.142. The molecule has 2 atom stereocenters. The Labute approximate surface area is 173 Å². The molecule has 0 aromatic heterocycles. The maximum atomic E-state index is 13.3. The highest BCUT2D eigenvalue weighted by molar-refractivity contribution is 5.95. The molecule has 1 aliphatic heterocycles. The number of unbranched alkanes of at least 4 members (excludes halogenated alkanes) is 1. The van der Waals surface area contributed by atoms with Crippen LogP contribution in [0.1, 0.15) is 49.8 Å². The first-order chi connectivity index (χ1) is 14.1. The summed E-state index contributed by atoms with van der Waals surface area (Å²) in [5, 5.41) is 3.09. The smallest absolute Gasteiger partial charge is 0.229 e. The summed E-state index contributed by atoms with van der Waals surface area (Å²) in [4.78, 5) is 28.0. The molecule has 0 radical (unpaired) electrons. The molecule has 0 unspecified atom stereocenters. The molecular formula is C24H30N2O3. The number of carbonyl (C=O) groups excluding carboxylic acids is 2. The number of anilines is 1. The van der Waals surface area contributed by atoms with E-state index in [0.29, 0.717) is 25.1 Å². The summed E-state index contributed by atoms with van der Waals surface area (Å²) in [6.45, 7) is 4.73. The van der Waals surface area contributed by atoms with Crippen molar-refractivity contribution in [3.05, 3.63) is 59.7 Å². The summed E-state index contributed by atoms with van der Waals surface area (Å²) in [5.41, 5.74) is 2.72. The normalized spacial score (nSPS) is 19.1. The van der Waals surface area contributed by atoms with E-state index in [1.165, 1.54) is 0 Å². The average Bonchev–Trinajstić information content (AvgIpc) is 2.74. The number of aryl methyl sites for hydroxylation is 1. The van der Waals surface area contributed by atoms with Crippen LogP contribution in [0.2, 0.25) is 0 Å². The number of nitrogens with one attached hydrogen (secondary N) is 1. The fraction of sp³-hybridized carbons (Fsp3) is 0.417. The second-order valence-corrected chi connectivity index (χ2v) is 7.58. The van der Waals surface area contributed by atoms with Crippen LogP contribution in [0.4, 0.5) is 5.69 Å². The van der Waals surface area contributed by atoms with Crippen molar-refractivity contribution in [3.8, 4) is 5.75 Å². The highest BCUT2D eigenvalue weighted by Crippen LogP contribution is 2.41. The van der Waals surface area contributed by atoms with E-state index in [9.17, 15) is 9.59 Å². The van der Waals surface area contributed by atoms with Crippen LogP contribution in [0.5, 0.6) is 5.75 Å². The number of amides is 2. The van der Waals surface area contributed by atoms with Crippen LogP contribution in [-0.2, 0) is 9.59 Å². The van der Waals surface area contributed by atoms with Gasteiger partial charge in [-0.1, -0.05) is 49.7 Å². The van der Waals surface area contributed by atoms with Gasteiger partial charge in [0.25, 0.3) is 0 Å². The molecule has 0 bridgehead atoms. The van der Waals surface area contributed by atoms with E-state index in [1.54, 1.807) is 7.11 Å². The first kappa shape index (κ1) is 20.9. The summed E-state index contributed by atoms with van der Waals surface area (Å²) in [6.07, 6.45) is 2.81. The van der Waals surface area contributed by atoms with Crippen LogP contribution in [0.25, 0.3) is 0 Å². The quantitative estimate of drug-likeness (QED) is 0.739. The van der Waals surface area contributed by atoms with Gasteiger partial charge in [-0.3, -0.25) is 9.59 Å². The molecule has 154 valence electrons. The standard InChI is InChI=1S/C24H30N2O3/c1-4-5-16-26-22(27)15-14-19(23(26)18-11-7-9-13-21(18)29-3)24(28)25-20-12-8-6-10-17(20)2/h6-13,19,23H,4-5,14-16H2,1-3H3,(H,25,28)/t19-,23+/m1/s1. The first-order valence-electron chi connectivity index (χ1n) is 10.4. The average molecular weight is 395 g/mol. The van der Waals surface area contributed by atoms with Crippen LogP contribution in [0.3, 0.4) is 0 Å². The highest BCUT2D eigenvalue weighted by Gasteiger charge is 2.41. The van der Waals surface area contributed by atoms with Gasteiger partial charge in [-0.25, -0.2) is 0 Å². The summed E-state index contributed by atoms with van der Waals surface area (Å²) >= 11 is 0. The summed E-state index contributed by atoms with van der Waals surface area (Å²) in [6, 6.07) is 15.1. The predicted molar refractivity (Wildman–Crippen MR) is 115 cm³/mol. The Hall–Kier alpha value is -2.82. The van der Waals surface area contributed by atoms with Crippen LogP contribution >= 0.6 is 0 Å².